The standard InChI is InChI=1S/C11H12O/c1-3-6-11(12)10-8-5-4-7-9(10)2/h1,4-5,7-8,11-12H,6H2,2H3. The van der Waals surface area contributed by atoms with Gasteiger partial charge in [0.2, 0.25) is 0 Å². The monoisotopic (exact) mass is 160 g/mol. The molecule has 0 saturated carbocycles. The molecular formula is C11H12O. The molecule has 0 bridgehead atoms. The van der Waals surface area contributed by atoms with Gasteiger partial charge in [0.25, 0.3) is 0 Å². The van der Waals surface area contributed by atoms with E-state index in [1.54, 1.807) is 0 Å². The van der Waals surface area contributed by atoms with E-state index in [0.717, 1.165) is 11.1 Å². The van der Waals surface area contributed by atoms with Crippen LogP contribution in [-0.4, -0.2) is 5.11 Å². The zero-order valence-electron chi connectivity index (χ0n) is 7.12. The van der Waals surface area contributed by atoms with Crippen molar-refractivity contribution in [3.05, 3.63) is 35.4 Å². The molecule has 0 heterocycles. The van der Waals surface area contributed by atoms with E-state index < -0.39 is 6.10 Å². The molecule has 0 amide bonds. The van der Waals surface area contributed by atoms with Crippen molar-refractivity contribution in [2.45, 2.75) is 19.4 Å². The summed E-state index contributed by atoms with van der Waals surface area (Å²) in [7, 11) is 0. The van der Waals surface area contributed by atoms with Crippen LogP contribution in [0.2, 0.25) is 0 Å². The van der Waals surface area contributed by atoms with Gasteiger partial charge in [-0.05, 0) is 18.1 Å². The molecule has 1 unspecified atom stereocenters. The van der Waals surface area contributed by atoms with Crippen LogP contribution >= 0.6 is 0 Å². The lowest BCUT2D eigenvalue weighted by atomic mass is 10.0. The molecule has 0 aliphatic rings. The van der Waals surface area contributed by atoms with E-state index >= 15 is 0 Å². The molecule has 0 radical (unpaired) electrons. The van der Waals surface area contributed by atoms with Crippen LogP contribution in [0.25, 0.3) is 0 Å². The summed E-state index contributed by atoms with van der Waals surface area (Å²) in [5, 5.41) is 9.56. The minimum absolute atomic E-state index is 0.380. The van der Waals surface area contributed by atoms with Gasteiger partial charge in [-0.1, -0.05) is 24.3 Å². The zero-order valence-corrected chi connectivity index (χ0v) is 7.12. The summed E-state index contributed by atoms with van der Waals surface area (Å²) < 4.78 is 0. The smallest absolute Gasteiger partial charge is 0.0901 e. The lowest BCUT2D eigenvalue weighted by Gasteiger charge is -2.09. The fourth-order valence-corrected chi connectivity index (χ4v) is 1.18. The highest BCUT2D eigenvalue weighted by Gasteiger charge is 2.06. The summed E-state index contributed by atoms with van der Waals surface area (Å²) in [4.78, 5) is 0. The predicted molar refractivity (Wildman–Crippen MR) is 49.6 cm³/mol. The number of hydrogen-bond acceptors (Lipinski definition) is 1. The van der Waals surface area contributed by atoms with E-state index in [9.17, 15) is 5.11 Å². The van der Waals surface area contributed by atoms with Crippen LogP contribution in [0, 0.1) is 19.3 Å². The number of aliphatic hydroxyl groups excluding tert-OH is 1. The molecule has 62 valence electrons. The molecule has 0 aromatic heterocycles. The fourth-order valence-electron chi connectivity index (χ4n) is 1.18. The minimum atomic E-state index is -0.517. The topological polar surface area (TPSA) is 20.2 Å². The lowest BCUT2D eigenvalue weighted by Crippen LogP contribution is -1.97. The second-order valence-electron chi connectivity index (χ2n) is 2.78. The van der Waals surface area contributed by atoms with Crippen LogP contribution in [0.15, 0.2) is 24.3 Å². The number of aryl methyl sites for hydroxylation is 1. The van der Waals surface area contributed by atoms with Gasteiger partial charge in [-0.25, -0.2) is 0 Å². The van der Waals surface area contributed by atoms with E-state index in [2.05, 4.69) is 5.92 Å². The molecule has 1 heteroatoms. The van der Waals surface area contributed by atoms with Gasteiger partial charge < -0.3 is 5.11 Å². The Labute approximate surface area is 73.0 Å². The first kappa shape index (κ1) is 8.83. The summed E-state index contributed by atoms with van der Waals surface area (Å²) in [6.45, 7) is 1.97. The van der Waals surface area contributed by atoms with E-state index in [1.807, 2.05) is 31.2 Å². The normalized spacial score (nSPS) is 12.1. The van der Waals surface area contributed by atoms with E-state index in [1.165, 1.54) is 0 Å². The summed E-state index contributed by atoms with van der Waals surface area (Å²) in [5.41, 5.74) is 2.01. The van der Waals surface area contributed by atoms with Crippen molar-refractivity contribution in [3.8, 4) is 12.3 Å². The van der Waals surface area contributed by atoms with Crippen LogP contribution in [0.4, 0.5) is 0 Å². The SMILES string of the molecule is C#CCC(O)c1ccccc1C. The molecule has 1 rings (SSSR count). The van der Waals surface area contributed by atoms with Crippen LogP contribution in [0.5, 0.6) is 0 Å². The molecule has 1 atom stereocenters. The molecule has 1 nitrogen and oxygen atoms in total. The molecule has 0 saturated heterocycles. The van der Waals surface area contributed by atoms with Gasteiger partial charge in [-0.15, -0.1) is 12.3 Å². The number of rotatable bonds is 2. The maximum absolute atomic E-state index is 9.56. The number of hydrogen-bond donors (Lipinski definition) is 1. The molecule has 0 aliphatic heterocycles. The summed E-state index contributed by atoms with van der Waals surface area (Å²) in [5.74, 6) is 2.44. The highest BCUT2D eigenvalue weighted by molar-refractivity contribution is 5.28. The molecular weight excluding hydrogens is 148 g/mol. The van der Waals surface area contributed by atoms with Gasteiger partial charge in [0, 0.05) is 6.42 Å². The number of aliphatic hydroxyl groups is 1. The first-order chi connectivity index (χ1) is 5.75. The average molecular weight is 160 g/mol. The number of benzene rings is 1. The molecule has 0 spiro atoms. The molecule has 1 aromatic carbocycles. The predicted octanol–water partition coefficient (Wildman–Crippen LogP) is 2.05. The highest BCUT2D eigenvalue weighted by Crippen LogP contribution is 2.19. The van der Waals surface area contributed by atoms with Gasteiger partial charge in [-0.3, -0.25) is 0 Å². The van der Waals surface area contributed by atoms with Crippen LogP contribution in [0.1, 0.15) is 23.7 Å². The zero-order chi connectivity index (χ0) is 8.97. The van der Waals surface area contributed by atoms with Gasteiger partial charge in [-0.2, -0.15) is 0 Å². The van der Waals surface area contributed by atoms with Crippen LogP contribution in [-0.2, 0) is 0 Å². The van der Waals surface area contributed by atoms with Gasteiger partial charge >= 0.3 is 0 Å². The summed E-state index contributed by atoms with van der Waals surface area (Å²) >= 11 is 0. The average Bonchev–Trinajstić information content (AvgIpc) is 2.05. The Morgan fingerprint density at radius 2 is 2.17 bits per heavy atom. The van der Waals surface area contributed by atoms with Crippen molar-refractivity contribution in [3.63, 3.8) is 0 Å². The maximum Gasteiger partial charge on any atom is 0.0901 e. The maximum atomic E-state index is 9.56. The second kappa shape index (κ2) is 3.94. The van der Waals surface area contributed by atoms with Crippen molar-refractivity contribution in [2.24, 2.45) is 0 Å². The Bertz CT molecular complexity index is 296. The third kappa shape index (κ3) is 1.87. The fraction of sp³-hybridized carbons (Fsp3) is 0.273. The molecule has 1 aromatic rings. The van der Waals surface area contributed by atoms with Crippen molar-refractivity contribution in [1.29, 1.82) is 0 Å². The Morgan fingerprint density at radius 1 is 1.50 bits per heavy atom. The first-order valence-electron chi connectivity index (χ1n) is 3.92. The van der Waals surface area contributed by atoms with Gasteiger partial charge in [0.1, 0.15) is 0 Å². The third-order valence-corrected chi connectivity index (χ3v) is 1.86. The molecule has 0 fully saturated rings. The van der Waals surface area contributed by atoms with Gasteiger partial charge in [0.05, 0.1) is 6.10 Å². The number of terminal acetylenes is 1. The van der Waals surface area contributed by atoms with Crippen LogP contribution in [0.3, 0.4) is 0 Å². The second-order valence-corrected chi connectivity index (χ2v) is 2.78. The van der Waals surface area contributed by atoms with Crippen molar-refractivity contribution < 1.29 is 5.11 Å². The minimum Gasteiger partial charge on any atom is -0.387 e. The quantitative estimate of drug-likeness (QED) is 0.656. The van der Waals surface area contributed by atoms with Crippen molar-refractivity contribution in [2.75, 3.05) is 0 Å². The van der Waals surface area contributed by atoms with E-state index in [4.69, 9.17) is 6.42 Å². The van der Waals surface area contributed by atoms with E-state index in [0.29, 0.717) is 6.42 Å². The van der Waals surface area contributed by atoms with Crippen molar-refractivity contribution in [1.82, 2.24) is 0 Å². The Kier molecular flexibility index (Phi) is 2.90. The van der Waals surface area contributed by atoms with Crippen molar-refractivity contribution >= 4 is 0 Å². The van der Waals surface area contributed by atoms with E-state index in [-0.39, 0.29) is 0 Å². The third-order valence-electron chi connectivity index (χ3n) is 1.86. The largest absolute Gasteiger partial charge is 0.387 e. The lowest BCUT2D eigenvalue weighted by molar-refractivity contribution is 0.183. The first-order valence-corrected chi connectivity index (χ1v) is 3.92. The Balaban J connectivity index is 2.88. The molecule has 0 aliphatic carbocycles. The molecule has 1 N–H and O–H groups in total. The highest BCUT2D eigenvalue weighted by atomic mass is 16.3. The Morgan fingerprint density at radius 3 is 2.75 bits per heavy atom. The van der Waals surface area contributed by atoms with Crippen LogP contribution < -0.4 is 0 Å². The van der Waals surface area contributed by atoms with Gasteiger partial charge in [0.15, 0.2) is 0 Å². The summed E-state index contributed by atoms with van der Waals surface area (Å²) in [6, 6.07) is 7.72. The summed E-state index contributed by atoms with van der Waals surface area (Å²) in [6.07, 6.45) is 4.97. The molecule has 12 heavy (non-hydrogen) atoms. The Hall–Kier alpha value is -1.26.